The molecule has 10 nitrogen and oxygen atoms in total. The minimum absolute atomic E-state index is 0.0519. The van der Waals surface area contributed by atoms with Crippen LogP contribution in [0.1, 0.15) is 22.4 Å². The fourth-order valence-electron chi connectivity index (χ4n) is 3.10. The Morgan fingerprint density at radius 3 is 2.56 bits per heavy atom. The van der Waals surface area contributed by atoms with Crippen molar-refractivity contribution in [1.82, 2.24) is 15.1 Å². The van der Waals surface area contributed by atoms with Gasteiger partial charge in [0.05, 0.1) is 7.11 Å². The zero-order valence-electron chi connectivity index (χ0n) is 18.1. The molecular weight excluding hydrogens is 463 g/mol. The predicted molar refractivity (Wildman–Crippen MR) is 123 cm³/mol. The summed E-state index contributed by atoms with van der Waals surface area (Å²) in [6.45, 7) is 1.57. The van der Waals surface area contributed by atoms with E-state index in [2.05, 4.69) is 15.1 Å². The number of nitrogens with two attached hydrogens (primary N) is 2. The molecule has 0 aliphatic rings. The second-order valence-electron chi connectivity index (χ2n) is 7.13. The maximum Gasteiger partial charge on any atom is 0.244 e. The van der Waals surface area contributed by atoms with Crippen LogP contribution in [0.2, 0.25) is 0 Å². The molecule has 0 fully saturated rings. The van der Waals surface area contributed by atoms with Crippen LogP contribution in [0.4, 0.5) is 21.0 Å². The average molecular weight is 482 g/mol. The van der Waals surface area contributed by atoms with Crippen LogP contribution in [0.3, 0.4) is 0 Å². The minimum Gasteiger partial charge on any atom is -0.481 e. The number of hydrogen-bond donors (Lipinski definition) is 2. The van der Waals surface area contributed by atoms with Gasteiger partial charge in [0, 0.05) is 29.6 Å². The maximum atomic E-state index is 13.4. The number of hydrogen-bond acceptors (Lipinski definition) is 10. The van der Waals surface area contributed by atoms with Crippen molar-refractivity contribution in [3.8, 4) is 17.1 Å². The molecule has 3 aromatic heterocycles. The van der Waals surface area contributed by atoms with Gasteiger partial charge < -0.3 is 25.6 Å². The van der Waals surface area contributed by atoms with E-state index in [0.717, 1.165) is 11.3 Å². The number of primary amides is 1. The van der Waals surface area contributed by atoms with Crippen LogP contribution < -0.4 is 21.1 Å². The first-order valence-corrected chi connectivity index (χ1v) is 10.7. The van der Waals surface area contributed by atoms with Crippen molar-refractivity contribution in [2.75, 3.05) is 17.7 Å². The standard InChI is InChI=1S/C22H19FN6O4S/c1-11(21(25)31)29(14-6-4-13(23)5-7-14)22-27-20(24)19(34-22)18(30)16-9-15(28-33-16)12-3-8-17(32-2)26-10-12/h3-11H,24H2,1-2H3,(H2,25,31)/t11-/m1/s1. The summed E-state index contributed by atoms with van der Waals surface area (Å²) in [4.78, 5) is 35.0. The summed E-state index contributed by atoms with van der Waals surface area (Å²) in [7, 11) is 1.50. The minimum atomic E-state index is -0.849. The van der Waals surface area contributed by atoms with E-state index in [1.807, 2.05) is 0 Å². The second-order valence-corrected chi connectivity index (χ2v) is 8.11. The third kappa shape index (κ3) is 4.43. The van der Waals surface area contributed by atoms with E-state index >= 15 is 0 Å². The van der Waals surface area contributed by atoms with Gasteiger partial charge in [-0.1, -0.05) is 16.5 Å². The Balaban J connectivity index is 1.66. The van der Waals surface area contributed by atoms with Gasteiger partial charge in [-0.2, -0.15) is 0 Å². The first-order chi connectivity index (χ1) is 16.3. The molecule has 4 rings (SSSR count). The van der Waals surface area contributed by atoms with Crippen molar-refractivity contribution in [3.05, 3.63) is 65.1 Å². The Kier molecular flexibility index (Phi) is 6.23. The summed E-state index contributed by atoms with van der Waals surface area (Å²) in [6, 6.07) is 9.42. The topological polar surface area (TPSA) is 150 Å². The molecule has 174 valence electrons. The molecule has 0 unspecified atom stereocenters. The van der Waals surface area contributed by atoms with Crippen molar-refractivity contribution in [3.63, 3.8) is 0 Å². The number of methoxy groups -OCH3 is 1. The molecule has 0 spiro atoms. The molecule has 3 heterocycles. The van der Waals surface area contributed by atoms with Crippen LogP contribution >= 0.6 is 11.3 Å². The monoisotopic (exact) mass is 482 g/mol. The van der Waals surface area contributed by atoms with Crippen LogP contribution in [0, 0.1) is 5.82 Å². The third-order valence-corrected chi connectivity index (χ3v) is 6.00. The van der Waals surface area contributed by atoms with Crippen LogP contribution in [0.25, 0.3) is 11.3 Å². The number of thiazole rings is 1. The number of ether oxygens (including phenoxy) is 1. The zero-order valence-corrected chi connectivity index (χ0v) is 18.9. The van der Waals surface area contributed by atoms with Crippen LogP contribution in [0.15, 0.2) is 53.2 Å². The normalized spacial score (nSPS) is 11.7. The molecule has 12 heteroatoms. The highest BCUT2D eigenvalue weighted by atomic mass is 32.1. The number of amides is 1. The van der Waals surface area contributed by atoms with Gasteiger partial charge in [-0.25, -0.2) is 14.4 Å². The fourth-order valence-corrected chi connectivity index (χ4v) is 4.13. The molecule has 0 saturated carbocycles. The summed E-state index contributed by atoms with van der Waals surface area (Å²) in [5.41, 5.74) is 13.0. The molecule has 4 aromatic rings. The molecule has 0 aliphatic heterocycles. The Labute approximate surface area is 197 Å². The van der Waals surface area contributed by atoms with E-state index in [0.29, 0.717) is 22.8 Å². The van der Waals surface area contributed by atoms with Crippen LogP contribution in [-0.4, -0.2) is 40.0 Å². The lowest BCUT2D eigenvalue weighted by Gasteiger charge is -2.26. The second kappa shape index (κ2) is 9.27. The molecule has 34 heavy (non-hydrogen) atoms. The molecule has 0 saturated heterocycles. The number of pyridine rings is 1. The summed E-state index contributed by atoms with van der Waals surface area (Å²) in [6.07, 6.45) is 1.54. The zero-order chi connectivity index (χ0) is 24.4. The van der Waals surface area contributed by atoms with Gasteiger partial charge in [0.15, 0.2) is 5.13 Å². The molecule has 1 amide bonds. The van der Waals surface area contributed by atoms with E-state index in [4.69, 9.17) is 20.7 Å². The van der Waals surface area contributed by atoms with Crippen molar-refractivity contribution in [2.24, 2.45) is 5.73 Å². The van der Waals surface area contributed by atoms with Gasteiger partial charge in [0.1, 0.15) is 28.2 Å². The molecule has 4 N–H and O–H groups in total. The van der Waals surface area contributed by atoms with Crippen molar-refractivity contribution in [1.29, 1.82) is 0 Å². The van der Waals surface area contributed by atoms with Gasteiger partial charge in [0.2, 0.25) is 23.3 Å². The first kappa shape index (κ1) is 22.9. The Morgan fingerprint density at radius 2 is 1.94 bits per heavy atom. The van der Waals surface area contributed by atoms with Gasteiger partial charge in [-0.3, -0.25) is 9.59 Å². The van der Waals surface area contributed by atoms with Crippen molar-refractivity contribution >= 4 is 39.7 Å². The molecule has 0 aliphatic carbocycles. The molecule has 0 radical (unpaired) electrons. The van der Waals surface area contributed by atoms with Gasteiger partial charge in [-0.05, 0) is 37.3 Å². The van der Waals surface area contributed by atoms with Crippen molar-refractivity contribution in [2.45, 2.75) is 13.0 Å². The van der Waals surface area contributed by atoms with Gasteiger partial charge in [0.25, 0.3) is 0 Å². The number of carbonyl (C=O) groups excluding carboxylic acids is 2. The first-order valence-electron chi connectivity index (χ1n) is 9.90. The molecule has 1 atom stereocenters. The largest absolute Gasteiger partial charge is 0.481 e. The number of nitrogen functional groups attached to an aromatic ring is 1. The Bertz CT molecular complexity index is 1340. The summed E-state index contributed by atoms with van der Waals surface area (Å²) in [5, 5.41) is 4.16. The highest BCUT2D eigenvalue weighted by Crippen LogP contribution is 2.36. The molecular formula is C22H19FN6O4S. The fraction of sp³-hybridized carbons (Fsp3) is 0.136. The Hall–Kier alpha value is -4.32. The molecule has 0 bridgehead atoms. The number of benzene rings is 1. The average Bonchev–Trinajstić information content (AvgIpc) is 3.47. The summed E-state index contributed by atoms with van der Waals surface area (Å²) in [5.74, 6) is -1.30. The number of carbonyl (C=O) groups is 2. The lowest BCUT2D eigenvalue weighted by molar-refractivity contribution is -0.118. The van der Waals surface area contributed by atoms with Gasteiger partial charge in [-0.15, -0.1) is 0 Å². The molecule has 1 aromatic carbocycles. The van der Waals surface area contributed by atoms with E-state index < -0.39 is 23.5 Å². The summed E-state index contributed by atoms with van der Waals surface area (Å²) >= 11 is 0.947. The van der Waals surface area contributed by atoms with Crippen LogP contribution in [0.5, 0.6) is 5.88 Å². The van der Waals surface area contributed by atoms with E-state index in [1.54, 1.807) is 19.1 Å². The maximum absolute atomic E-state index is 13.4. The lowest BCUT2D eigenvalue weighted by Crippen LogP contribution is -2.39. The quantitative estimate of drug-likeness (QED) is 0.361. The van der Waals surface area contributed by atoms with Gasteiger partial charge >= 0.3 is 0 Å². The number of halogens is 1. The Morgan fingerprint density at radius 1 is 1.21 bits per heavy atom. The number of ketones is 1. The van der Waals surface area contributed by atoms with Crippen LogP contribution in [-0.2, 0) is 4.79 Å². The number of aromatic nitrogens is 3. The lowest BCUT2D eigenvalue weighted by atomic mass is 10.2. The number of anilines is 3. The van der Waals surface area contributed by atoms with Crippen molar-refractivity contribution < 1.29 is 23.2 Å². The highest BCUT2D eigenvalue weighted by molar-refractivity contribution is 7.18. The SMILES string of the molecule is COc1ccc(-c2cc(C(=O)c3sc(N(c4ccc(F)cc4)[C@H](C)C(N)=O)nc3N)on2)cn1. The predicted octanol–water partition coefficient (Wildman–Crippen LogP) is 3.17. The number of nitrogens with zero attached hydrogens (tertiary/aromatic N) is 4. The number of rotatable bonds is 8. The summed E-state index contributed by atoms with van der Waals surface area (Å²) < 4.78 is 23.7. The smallest absolute Gasteiger partial charge is 0.244 e. The highest BCUT2D eigenvalue weighted by Gasteiger charge is 2.28. The van der Waals surface area contributed by atoms with E-state index in [1.165, 1.54) is 48.5 Å². The third-order valence-electron chi connectivity index (χ3n) is 4.93. The van der Waals surface area contributed by atoms with E-state index in [-0.39, 0.29) is 21.6 Å². The van der Waals surface area contributed by atoms with E-state index in [9.17, 15) is 14.0 Å².